The fourth-order valence-corrected chi connectivity index (χ4v) is 1.96. The standard InChI is InChI=1S/C13H10ClN5O2/c14-9-5-4-8(7-15)6-12(9)17-10-2-1-3-11(18-16)13(10)19(20)21/h1-6,17-18H,16H2. The first kappa shape index (κ1) is 14.6. The monoisotopic (exact) mass is 303 g/mol. The van der Waals surface area contributed by atoms with E-state index in [2.05, 4.69) is 10.7 Å². The summed E-state index contributed by atoms with van der Waals surface area (Å²) in [5.74, 6) is 5.27. The SMILES string of the molecule is N#Cc1ccc(Cl)c(Nc2cccc(NN)c2[N+](=O)[O-])c1. The van der Waals surface area contributed by atoms with E-state index in [1.54, 1.807) is 18.2 Å². The average molecular weight is 304 g/mol. The van der Waals surface area contributed by atoms with Crippen molar-refractivity contribution in [2.24, 2.45) is 5.84 Å². The van der Waals surface area contributed by atoms with Gasteiger partial charge in [-0.25, -0.2) is 0 Å². The van der Waals surface area contributed by atoms with Crippen LogP contribution in [0.25, 0.3) is 0 Å². The molecule has 7 nitrogen and oxygen atoms in total. The molecule has 0 heterocycles. The number of halogens is 1. The molecule has 0 bridgehead atoms. The summed E-state index contributed by atoms with van der Waals surface area (Å²) < 4.78 is 0. The van der Waals surface area contributed by atoms with Crippen LogP contribution in [0.5, 0.6) is 0 Å². The summed E-state index contributed by atoms with van der Waals surface area (Å²) in [7, 11) is 0. The molecule has 0 aliphatic rings. The highest BCUT2D eigenvalue weighted by atomic mass is 35.5. The lowest BCUT2D eigenvalue weighted by atomic mass is 10.2. The molecule has 0 fully saturated rings. The number of nitrogens with zero attached hydrogens (tertiary/aromatic N) is 2. The van der Waals surface area contributed by atoms with Crippen molar-refractivity contribution in [1.29, 1.82) is 5.26 Å². The molecule has 4 N–H and O–H groups in total. The molecule has 2 aromatic carbocycles. The number of nitro groups is 1. The maximum Gasteiger partial charge on any atom is 0.316 e. The fourth-order valence-electron chi connectivity index (χ4n) is 1.79. The minimum Gasteiger partial charge on any atom is -0.349 e. The Morgan fingerprint density at radius 3 is 2.57 bits per heavy atom. The number of nitrogens with one attached hydrogen (secondary N) is 2. The molecule has 2 rings (SSSR count). The second-order valence-electron chi connectivity index (χ2n) is 4.03. The van der Waals surface area contributed by atoms with E-state index in [1.807, 2.05) is 6.07 Å². The predicted octanol–water partition coefficient (Wildman–Crippen LogP) is 3.15. The van der Waals surface area contributed by atoms with Crippen molar-refractivity contribution in [2.45, 2.75) is 0 Å². The average Bonchev–Trinajstić information content (AvgIpc) is 2.48. The van der Waals surface area contributed by atoms with Gasteiger partial charge < -0.3 is 10.7 Å². The molecule has 0 aromatic heterocycles. The molecule has 0 aliphatic carbocycles. The minimum absolute atomic E-state index is 0.164. The van der Waals surface area contributed by atoms with Gasteiger partial charge in [-0.15, -0.1) is 0 Å². The topological polar surface area (TPSA) is 117 Å². The van der Waals surface area contributed by atoms with Crippen molar-refractivity contribution in [3.8, 4) is 6.07 Å². The summed E-state index contributed by atoms with van der Waals surface area (Å²) >= 11 is 6.03. The number of hydrogen-bond acceptors (Lipinski definition) is 6. The van der Waals surface area contributed by atoms with Crippen molar-refractivity contribution in [3.63, 3.8) is 0 Å². The van der Waals surface area contributed by atoms with E-state index in [9.17, 15) is 10.1 Å². The first-order valence-corrected chi connectivity index (χ1v) is 6.15. The Kier molecular flexibility index (Phi) is 4.23. The first-order chi connectivity index (χ1) is 10.1. The van der Waals surface area contributed by atoms with Crippen LogP contribution in [0.15, 0.2) is 36.4 Å². The van der Waals surface area contributed by atoms with Crippen LogP contribution in [-0.2, 0) is 0 Å². The molecule has 0 amide bonds. The van der Waals surface area contributed by atoms with Gasteiger partial charge in [-0.05, 0) is 30.3 Å². The van der Waals surface area contributed by atoms with Crippen LogP contribution in [0.1, 0.15) is 5.56 Å². The number of para-hydroxylation sites is 1. The molecule has 0 atom stereocenters. The maximum atomic E-state index is 11.2. The molecule has 0 unspecified atom stereocenters. The lowest BCUT2D eigenvalue weighted by Crippen LogP contribution is -2.10. The zero-order valence-electron chi connectivity index (χ0n) is 10.6. The molecule has 2 aromatic rings. The van der Waals surface area contributed by atoms with Gasteiger partial charge in [0.1, 0.15) is 11.4 Å². The van der Waals surface area contributed by atoms with Crippen LogP contribution in [0.2, 0.25) is 5.02 Å². The molecule has 0 saturated heterocycles. The van der Waals surface area contributed by atoms with Gasteiger partial charge in [-0.1, -0.05) is 17.7 Å². The number of hydrogen-bond donors (Lipinski definition) is 3. The first-order valence-electron chi connectivity index (χ1n) is 5.77. The van der Waals surface area contributed by atoms with Crippen LogP contribution in [0, 0.1) is 21.4 Å². The van der Waals surface area contributed by atoms with Crippen molar-refractivity contribution < 1.29 is 4.92 Å². The fraction of sp³-hybridized carbons (Fsp3) is 0. The van der Waals surface area contributed by atoms with E-state index in [4.69, 9.17) is 22.7 Å². The second-order valence-corrected chi connectivity index (χ2v) is 4.44. The number of nitrogen functional groups attached to an aromatic ring is 1. The second kappa shape index (κ2) is 6.09. The molecule has 106 valence electrons. The highest BCUT2D eigenvalue weighted by molar-refractivity contribution is 6.33. The number of nitriles is 1. The molecular weight excluding hydrogens is 294 g/mol. The number of rotatable bonds is 4. The van der Waals surface area contributed by atoms with Crippen molar-refractivity contribution in [1.82, 2.24) is 0 Å². The normalized spacial score (nSPS) is 9.76. The Morgan fingerprint density at radius 1 is 1.24 bits per heavy atom. The predicted molar refractivity (Wildman–Crippen MR) is 80.4 cm³/mol. The Bertz CT molecular complexity index is 742. The summed E-state index contributed by atoms with van der Waals surface area (Å²) in [6, 6.07) is 11.2. The van der Waals surface area contributed by atoms with E-state index in [1.165, 1.54) is 18.2 Å². The number of nitrogens with two attached hydrogens (primary N) is 1. The van der Waals surface area contributed by atoms with Gasteiger partial charge in [0.15, 0.2) is 0 Å². The highest BCUT2D eigenvalue weighted by Crippen LogP contribution is 2.36. The lowest BCUT2D eigenvalue weighted by Gasteiger charge is -2.11. The van der Waals surface area contributed by atoms with E-state index in [0.29, 0.717) is 16.3 Å². The molecule has 0 spiro atoms. The third-order valence-corrected chi connectivity index (χ3v) is 3.07. The smallest absolute Gasteiger partial charge is 0.316 e. The van der Waals surface area contributed by atoms with Crippen molar-refractivity contribution in [2.75, 3.05) is 10.7 Å². The van der Waals surface area contributed by atoms with E-state index < -0.39 is 4.92 Å². The van der Waals surface area contributed by atoms with Crippen LogP contribution in [0.3, 0.4) is 0 Å². The third-order valence-electron chi connectivity index (χ3n) is 2.74. The molecule has 0 aliphatic heterocycles. The Hall–Kier alpha value is -2.82. The number of nitro benzene ring substituents is 1. The zero-order chi connectivity index (χ0) is 15.4. The van der Waals surface area contributed by atoms with Crippen LogP contribution < -0.4 is 16.6 Å². The Labute approximate surface area is 125 Å². The number of anilines is 3. The summed E-state index contributed by atoms with van der Waals surface area (Å²) in [5, 5.41) is 23.3. The van der Waals surface area contributed by atoms with Gasteiger partial charge in [0.05, 0.1) is 27.3 Å². The van der Waals surface area contributed by atoms with Gasteiger partial charge in [-0.3, -0.25) is 16.0 Å². The Morgan fingerprint density at radius 2 is 1.95 bits per heavy atom. The lowest BCUT2D eigenvalue weighted by molar-refractivity contribution is -0.383. The van der Waals surface area contributed by atoms with Crippen LogP contribution >= 0.6 is 11.6 Å². The zero-order valence-corrected chi connectivity index (χ0v) is 11.4. The molecule has 8 heteroatoms. The van der Waals surface area contributed by atoms with Crippen LogP contribution in [-0.4, -0.2) is 4.92 Å². The van der Waals surface area contributed by atoms with Gasteiger partial charge in [0.2, 0.25) is 0 Å². The summed E-state index contributed by atoms with van der Waals surface area (Å²) in [4.78, 5) is 10.6. The third kappa shape index (κ3) is 3.02. The minimum atomic E-state index is -0.556. The Balaban J connectivity index is 2.50. The van der Waals surface area contributed by atoms with E-state index in [-0.39, 0.29) is 17.1 Å². The van der Waals surface area contributed by atoms with E-state index in [0.717, 1.165) is 0 Å². The van der Waals surface area contributed by atoms with E-state index >= 15 is 0 Å². The van der Waals surface area contributed by atoms with Gasteiger partial charge >= 0.3 is 5.69 Å². The molecule has 0 saturated carbocycles. The summed E-state index contributed by atoms with van der Waals surface area (Å²) in [6.45, 7) is 0. The molecule has 0 radical (unpaired) electrons. The van der Waals surface area contributed by atoms with Gasteiger partial charge in [0, 0.05) is 0 Å². The quantitative estimate of drug-likeness (QED) is 0.454. The van der Waals surface area contributed by atoms with Gasteiger partial charge in [-0.2, -0.15) is 5.26 Å². The number of benzene rings is 2. The van der Waals surface area contributed by atoms with Crippen LogP contribution in [0.4, 0.5) is 22.7 Å². The number of hydrazine groups is 1. The largest absolute Gasteiger partial charge is 0.349 e. The molecule has 21 heavy (non-hydrogen) atoms. The molecular formula is C13H10ClN5O2. The van der Waals surface area contributed by atoms with Gasteiger partial charge in [0.25, 0.3) is 0 Å². The highest BCUT2D eigenvalue weighted by Gasteiger charge is 2.19. The summed E-state index contributed by atoms with van der Waals surface area (Å²) in [5.41, 5.74) is 3.23. The summed E-state index contributed by atoms with van der Waals surface area (Å²) in [6.07, 6.45) is 0. The maximum absolute atomic E-state index is 11.2. The van der Waals surface area contributed by atoms with Crippen molar-refractivity contribution in [3.05, 3.63) is 57.1 Å². The van der Waals surface area contributed by atoms with Crippen molar-refractivity contribution >= 4 is 34.4 Å².